The Hall–Kier alpha value is -2.40. The number of hydrogen-bond acceptors (Lipinski definition) is 3. The number of nitrogens with one attached hydrogen (secondary N) is 2. The maximum Gasteiger partial charge on any atom is 0.272 e. The summed E-state index contributed by atoms with van der Waals surface area (Å²) in [6.07, 6.45) is 0. The van der Waals surface area contributed by atoms with Crippen molar-refractivity contribution in [1.29, 1.82) is 0 Å². The van der Waals surface area contributed by atoms with Crippen molar-refractivity contribution in [2.45, 2.75) is 6.92 Å². The molecule has 0 aliphatic carbocycles. The van der Waals surface area contributed by atoms with Crippen LogP contribution in [0.25, 0.3) is 10.2 Å². The molecule has 1 amide bonds. The highest BCUT2D eigenvalue weighted by atomic mass is 32.1. The maximum atomic E-state index is 12.1. The Labute approximate surface area is 119 Å². The molecule has 4 nitrogen and oxygen atoms in total. The molecule has 1 aromatic carbocycles. The summed E-state index contributed by atoms with van der Waals surface area (Å²) < 4.78 is 1.05. The number of Topliss-reactive ketones (excluding diaryl/α,β-unsaturated/α-hetero) is 1. The second kappa shape index (κ2) is 4.94. The lowest BCUT2D eigenvalue weighted by atomic mass is 10.1. The summed E-state index contributed by atoms with van der Waals surface area (Å²) in [6, 6.07) is 10.7. The van der Waals surface area contributed by atoms with Gasteiger partial charge < -0.3 is 10.3 Å². The summed E-state index contributed by atoms with van der Waals surface area (Å²) in [5, 5.41) is 4.76. The third-order valence-corrected chi connectivity index (χ3v) is 3.88. The average molecular weight is 284 g/mol. The van der Waals surface area contributed by atoms with Crippen LogP contribution in [0, 0.1) is 0 Å². The van der Waals surface area contributed by atoms with Crippen molar-refractivity contribution >= 4 is 38.9 Å². The standard InChI is InChI=1S/C15H12N2O2S/c1-9(18)10-3-2-4-11(7-10)16-15(19)13-8-14-12(17-13)5-6-20-14/h2-8,17H,1H3,(H,16,19). The van der Waals surface area contributed by atoms with Crippen LogP contribution in [0.4, 0.5) is 5.69 Å². The molecule has 3 aromatic rings. The number of amides is 1. The SMILES string of the molecule is CC(=O)c1cccc(NC(=O)c2cc3sccc3[nH]2)c1. The van der Waals surface area contributed by atoms with Crippen molar-refractivity contribution in [3.63, 3.8) is 0 Å². The van der Waals surface area contributed by atoms with E-state index in [4.69, 9.17) is 0 Å². The number of aromatic nitrogens is 1. The van der Waals surface area contributed by atoms with E-state index in [2.05, 4.69) is 10.3 Å². The van der Waals surface area contributed by atoms with Crippen LogP contribution in [0.1, 0.15) is 27.8 Å². The lowest BCUT2D eigenvalue weighted by Gasteiger charge is -2.05. The van der Waals surface area contributed by atoms with Crippen molar-refractivity contribution in [3.8, 4) is 0 Å². The van der Waals surface area contributed by atoms with E-state index < -0.39 is 0 Å². The zero-order valence-electron chi connectivity index (χ0n) is 10.8. The van der Waals surface area contributed by atoms with Gasteiger partial charge in [-0.15, -0.1) is 11.3 Å². The van der Waals surface area contributed by atoms with E-state index in [1.807, 2.05) is 17.5 Å². The van der Waals surface area contributed by atoms with Gasteiger partial charge in [0.05, 0.1) is 10.2 Å². The van der Waals surface area contributed by atoms with E-state index in [1.54, 1.807) is 35.6 Å². The van der Waals surface area contributed by atoms with Gasteiger partial charge in [0, 0.05) is 11.3 Å². The molecule has 0 aliphatic rings. The van der Waals surface area contributed by atoms with E-state index in [1.165, 1.54) is 6.92 Å². The van der Waals surface area contributed by atoms with Gasteiger partial charge in [-0.3, -0.25) is 9.59 Å². The lowest BCUT2D eigenvalue weighted by Crippen LogP contribution is -2.12. The molecule has 2 N–H and O–H groups in total. The van der Waals surface area contributed by atoms with Gasteiger partial charge >= 0.3 is 0 Å². The zero-order valence-corrected chi connectivity index (χ0v) is 11.6. The van der Waals surface area contributed by atoms with Gasteiger partial charge in [-0.2, -0.15) is 0 Å². The van der Waals surface area contributed by atoms with Crippen LogP contribution >= 0.6 is 11.3 Å². The molecule has 3 rings (SSSR count). The predicted molar refractivity (Wildman–Crippen MR) is 80.6 cm³/mol. The Morgan fingerprint density at radius 1 is 1.20 bits per heavy atom. The second-order valence-electron chi connectivity index (χ2n) is 4.47. The smallest absolute Gasteiger partial charge is 0.272 e. The number of benzene rings is 1. The highest BCUT2D eigenvalue weighted by Gasteiger charge is 2.11. The Morgan fingerprint density at radius 2 is 2.05 bits per heavy atom. The fraction of sp³-hybridized carbons (Fsp3) is 0.0667. The van der Waals surface area contributed by atoms with E-state index in [0.29, 0.717) is 16.9 Å². The van der Waals surface area contributed by atoms with E-state index in [0.717, 1.165) is 10.2 Å². The number of H-pyrrole nitrogens is 1. The third kappa shape index (κ3) is 2.35. The van der Waals surface area contributed by atoms with Crippen molar-refractivity contribution in [1.82, 2.24) is 4.98 Å². The molecular weight excluding hydrogens is 272 g/mol. The molecule has 5 heteroatoms. The molecule has 0 atom stereocenters. The number of fused-ring (bicyclic) bond motifs is 1. The maximum absolute atomic E-state index is 12.1. The van der Waals surface area contributed by atoms with Gasteiger partial charge in [0.15, 0.2) is 5.78 Å². The number of anilines is 1. The van der Waals surface area contributed by atoms with Crippen molar-refractivity contribution in [3.05, 3.63) is 53.0 Å². The molecule has 0 bridgehead atoms. The molecule has 100 valence electrons. The summed E-state index contributed by atoms with van der Waals surface area (Å²) in [6.45, 7) is 1.50. The molecule has 0 saturated heterocycles. The number of hydrogen-bond donors (Lipinski definition) is 2. The Morgan fingerprint density at radius 3 is 2.80 bits per heavy atom. The van der Waals surface area contributed by atoms with Gasteiger partial charge in [0.1, 0.15) is 5.69 Å². The molecule has 2 aromatic heterocycles. The average Bonchev–Trinajstić information content (AvgIpc) is 2.99. The summed E-state index contributed by atoms with van der Waals surface area (Å²) >= 11 is 1.58. The molecule has 0 aliphatic heterocycles. The Kier molecular flexibility index (Phi) is 3.12. The molecule has 0 unspecified atom stereocenters. The molecule has 0 saturated carbocycles. The summed E-state index contributed by atoms with van der Waals surface area (Å²) in [4.78, 5) is 26.5. The summed E-state index contributed by atoms with van der Waals surface area (Å²) in [7, 11) is 0. The number of ketones is 1. The number of rotatable bonds is 3. The first kappa shape index (κ1) is 12.6. The van der Waals surface area contributed by atoms with Crippen LogP contribution in [0.2, 0.25) is 0 Å². The summed E-state index contributed by atoms with van der Waals surface area (Å²) in [5.74, 6) is -0.240. The fourth-order valence-electron chi connectivity index (χ4n) is 1.98. The Balaban J connectivity index is 1.83. The number of thiophene rings is 1. The number of aromatic amines is 1. The minimum Gasteiger partial charge on any atom is -0.350 e. The van der Waals surface area contributed by atoms with Gasteiger partial charge in [-0.1, -0.05) is 12.1 Å². The first-order valence-electron chi connectivity index (χ1n) is 6.12. The lowest BCUT2D eigenvalue weighted by molar-refractivity contribution is 0.100. The van der Waals surface area contributed by atoms with Crippen LogP contribution in [-0.4, -0.2) is 16.7 Å². The molecular formula is C15H12N2O2S. The van der Waals surface area contributed by atoms with Gasteiger partial charge in [0.25, 0.3) is 5.91 Å². The van der Waals surface area contributed by atoms with Crippen molar-refractivity contribution < 1.29 is 9.59 Å². The minimum absolute atomic E-state index is 0.0264. The van der Waals surface area contributed by atoms with Crippen LogP contribution < -0.4 is 5.32 Å². The van der Waals surface area contributed by atoms with Crippen LogP contribution in [-0.2, 0) is 0 Å². The van der Waals surface area contributed by atoms with E-state index in [9.17, 15) is 9.59 Å². The van der Waals surface area contributed by atoms with Gasteiger partial charge in [0.2, 0.25) is 0 Å². The van der Waals surface area contributed by atoms with Gasteiger partial charge in [-0.25, -0.2) is 0 Å². The van der Waals surface area contributed by atoms with Crippen LogP contribution in [0.5, 0.6) is 0 Å². The number of carbonyl (C=O) groups is 2. The molecule has 0 radical (unpaired) electrons. The normalized spacial score (nSPS) is 10.7. The summed E-state index contributed by atoms with van der Waals surface area (Å²) in [5.41, 5.74) is 2.66. The monoisotopic (exact) mass is 284 g/mol. The van der Waals surface area contributed by atoms with E-state index >= 15 is 0 Å². The van der Waals surface area contributed by atoms with E-state index in [-0.39, 0.29) is 11.7 Å². The molecule has 0 fully saturated rings. The first-order valence-corrected chi connectivity index (χ1v) is 7.00. The van der Waals surface area contributed by atoms with Crippen LogP contribution in [0.15, 0.2) is 41.8 Å². The van der Waals surface area contributed by atoms with Gasteiger partial charge in [-0.05, 0) is 36.6 Å². The topological polar surface area (TPSA) is 62.0 Å². The zero-order chi connectivity index (χ0) is 14.1. The number of carbonyl (C=O) groups excluding carboxylic acids is 2. The van der Waals surface area contributed by atoms with Crippen molar-refractivity contribution in [2.24, 2.45) is 0 Å². The quantitative estimate of drug-likeness (QED) is 0.721. The second-order valence-corrected chi connectivity index (χ2v) is 5.42. The van der Waals surface area contributed by atoms with Crippen LogP contribution in [0.3, 0.4) is 0 Å². The first-order chi connectivity index (χ1) is 9.63. The molecule has 2 heterocycles. The highest BCUT2D eigenvalue weighted by Crippen LogP contribution is 2.22. The fourth-order valence-corrected chi connectivity index (χ4v) is 2.77. The third-order valence-electron chi connectivity index (χ3n) is 3.01. The predicted octanol–water partition coefficient (Wildman–Crippen LogP) is 3.68. The molecule has 20 heavy (non-hydrogen) atoms. The highest BCUT2D eigenvalue weighted by molar-refractivity contribution is 7.17. The largest absolute Gasteiger partial charge is 0.350 e. The minimum atomic E-state index is -0.214. The Bertz CT molecular complexity index is 772. The molecule has 0 spiro atoms. The van der Waals surface area contributed by atoms with Crippen molar-refractivity contribution in [2.75, 3.05) is 5.32 Å².